The summed E-state index contributed by atoms with van der Waals surface area (Å²) in [4.78, 5) is 15.0. The Bertz CT molecular complexity index is 347. The van der Waals surface area contributed by atoms with Crippen LogP contribution in [0.3, 0.4) is 0 Å². The van der Waals surface area contributed by atoms with Crippen molar-refractivity contribution >= 4 is 17.5 Å². The maximum absolute atomic E-state index is 10.8. The van der Waals surface area contributed by atoms with Gasteiger partial charge in [0, 0.05) is 11.5 Å². The van der Waals surface area contributed by atoms with Crippen LogP contribution in [0.4, 0.5) is 0 Å². The average Bonchev–Trinajstić information content (AvgIpc) is 2.67. The van der Waals surface area contributed by atoms with E-state index in [0.29, 0.717) is 18.3 Å². The maximum atomic E-state index is 10.8. The van der Waals surface area contributed by atoms with E-state index in [-0.39, 0.29) is 18.3 Å². The zero-order valence-corrected chi connectivity index (χ0v) is 9.25. The van der Waals surface area contributed by atoms with E-state index in [1.54, 1.807) is 0 Å². The second-order valence-electron chi connectivity index (χ2n) is 3.36. The first-order chi connectivity index (χ1) is 7.25. The van der Waals surface area contributed by atoms with Crippen molar-refractivity contribution < 1.29 is 14.1 Å². The largest absolute Gasteiger partial charge is 0.368 e. The number of hydrogen-bond donors (Lipinski definition) is 0. The molecule has 1 fully saturated rings. The quantitative estimate of drug-likeness (QED) is 0.769. The summed E-state index contributed by atoms with van der Waals surface area (Å²) in [5.74, 6) is 2.80. The lowest BCUT2D eigenvalue weighted by Gasteiger charge is -2.18. The van der Waals surface area contributed by atoms with E-state index in [1.165, 1.54) is 6.92 Å². The first kappa shape index (κ1) is 10.6. The molecule has 1 unspecified atom stereocenters. The summed E-state index contributed by atoms with van der Waals surface area (Å²) in [5.41, 5.74) is 0. The molecule has 1 aromatic heterocycles. The summed E-state index contributed by atoms with van der Waals surface area (Å²) in [6.45, 7) is 2.21. The molecule has 82 valence electrons. The summed E-state index contributed by atoms with van der Waals surface area (Å²) in [6, 6.07) is 0. The molecule has 15 heavy (non-hydrogen) atoms. The Balaban J connectivity index is 2.02. The monoisotopic (exact) mass is 228 g/mol. The normalized spacial score (nSPS) is 21.5. The number of nitrogens with zero attached hydrogens (tertiary/aromatic N) is 2. The van der Waals surface area contributed by atoms with Crippen LogP contribution in [0.5, 0.6) is 0 Å². The highest BCUT2D eigenvalue weighted by molar-refractivity contribution is 7.99. The van der Waals surface area contributed by atoms with Crippen LogP contribution in [0.1, 0.15) is 24.7 Å². The fraction of sp³-hybridized carbons (Fsp3) is 0.667. The molecule has 0 spiro atoms. The molecule has 1 aliphatic rings. The summed E-state index contributed by atoms with van der Waals surface area (Å²) >= 11 is 1.81. The highest BCUT2D eigenvalue weighted by Gasteiger charge is 2.22. The van der Waals surface area contributed by atoms with Crippen molar-refractivity contribution in [2.45, 2.75) is 19.4 Å². The molecule has 6 heteroatoms. The summed E-state index contributed by atoms with van der Waals surface area (Å²) in [5, 5.41) is 3.82. The summed E-state index contributed by atoms with van der Waals surface area (Å²) in [6.07, 6.45) is 0.112. The van der Waals surface area contributed by atoms with Crippen LogP contribution < -0.4 is 0 Å². The lowest BCUT2D eigenvalue weighted by atomic mass is 10.3. The SMILES string of the molecule is CC(=O)Cc1nc(C2CSCCO2)no1. The minimum absolute atomic E-state index is 0.0177. The second-order valence-corrected chi connectivity index (χ2v) is 4.51. The topological polar surface area (TPSA) is 65.2 Å². The lowest BCUT2D eigenvalue weighted by molar-refractivity contribution is -0.116. The van der Waals surface area contributed by atoms with Gasteiger partial charge in [-0.15, -0.1) is 0 Å². The number of ether oxygens (including phenoxy) is 1. The molecular formula is C9H12N2O3S. The lowest BCUT2D eigenvalue weighted by Crippen LogP contribution is -2.16. The Labute approximate surface area is 91.6 Å². The van der Waals surface area contributed by atoms with E-state index in [9.17, 15) is 4.79 Å². The predicted molar refractivity (Wildman–Crippen MR) is 54.7 cm³/mol. The smallest absolute Gasteiger partial charge is 0.234 e. The molecule has 0 N–H and O–H groups in total. The summed E-state index contributed by atoms with van der Waals surface area (Å²) in [7, 11) is 0. The predicted octanol–water partition coefficient (Wildman–Crippen LogP) is 1.01. The number of ketones is 1. The minimum atomic E-state index is -0.0896. The molecular weight excluding hydrogens is 216 g/mol. The highest BCUT2D eigenvalue weighted by Crippen LogP contribution is 2.24. The van der Waals surface area contributed by atoms with Crippen LogP contribution in [0.2, 0.25) is 0 Å². The van der Waals surface area contributed by atoms with E-state index in [4.69, 9.17) is 9.26 Å². The van der Waals surface area contributed by atoms with Crippen molar-refractivity contribution in [3.05, 3.63) is 11.7 Å². The van der Waals surface area contributed by atoms with Gasteiger partial charge in [0.15, 0.2) is 0 Å². The van der Waals surface area contributed by atoms with Crippen molar-refractivity contribution in [1.29, 1.82) is 0 Å². The minimum Gasteiger partial charge on any atom is -0.368 e. The van der Waals surface area contributed by atoms with Crippen LogP contribution in [-0.4, -0.2) is 34.0 Å². The molecule has 0 aliphatic carbocycles. The number of rotatable bonds is 3. The van der Waals surface area contributed by atoms with Crippen molar-refractivity contribution in [2.24, 2.45) is 0 Å². The molecule has 1 atom stereocenters. The van der Waals surface area contributed by atoms with Crippen LogP contribution in [-0.2, 0) is 16.0 Å². The van der Waals surface area contributed by atoms with E-state index in [1.807, 2.05) is 11.8 Å². The van der Waals surface area contributed by atoms with Gasteiger partial charge in [-0.3, -0.25) is 4.79 Å². The van der Waals surface area contributed by atoms with E-state index >= 15 is 0 Å². The number of carbonyl (C=O) groups is 1. The van der Waals surface area contributed by atoms with Gasteiger partial charge in [0.05, 0.1) is 13.0 Å². The van der Waals surface area contributed by atoms with Crippen LogP contribution >= 0.6 is 11.8 Å². The molecule has 1 aliphatic heterocycles. The van der Waals surface area contributed by atoms with Crippen molar-refractivity contribution in [1.82, 2.24) is 10.1 Å². The molecule has 2 rings (SSSR count). The molecule has 0 saturated carbocycles. The van der Waals surface area contributed by atoms with Gasteiger partial charge in [-0.1, -0.05) is 5.16 Å². The fourth-order valence-corrected chi connectivity index (χ4v) is 2.16. The van der Waals surface area contributed by atoms with Gasteiger partial charge in [-0.05, 0) is 6.92 Å². The molecule has 2 heterocycles. The van der Waals surface area contributed by atoms with E-state index < -0.39 is 0 Å². The van der Waals surface area contributed by atoms with Crippen molar-refractivity contribution in [2.75, 3.05) is 18.1 Å². The van der Waals surface area contributed by atoms with Crippen molar-refractivity contribution in [3.63, 3.8) is 0 Å². The number of carbonyl (C=O) groups excluding carboxylic acids is 1. The maximum Gasteiger partial charge on any atom is 0.234 e. The Morgan fingerprint density at radius 1 is 1.67 bits per heavy atom. The summed E-state index contributed by atoms with van der Waals surface area (Å²) < 4.78 is 10.4. The zero-order valence-electron chi connectivity index (χ0n) is 8.43. The third kappa shape index (κ3) is 2.79. The van der Waals surface area contributed by atoms with Gasteiger partial charge in [0.25, 0.3) is 0 Å². The molecule has 0 aromatic carbocycles. The Kier molecular flexibility index (Phi) is 3.37. The van der Waals surface area contributed by atoms with E-state index in [0.717, 1.165) is 11.5 Å². The second kappa shape index (κ2) is 4.76. The third-order valence-electron chi connectivity index (χ3n) is 1.99. The molecule has 1 aromatic rings. The molecule has 5 nitrogen and oxygen atoms in total. The zero-order chi connectivity index (χ0) is 10.7. The molecule has 0 amide bonds. The highest BCUT2D eigenvalue weighted by atomic mass is 32.2. The standard InChI is InChI=1S/C9H12N2O3S/c1-6(12)4-8-10-9(11-14-8)7-5-15-3-2-13-7/h7H,2-5H2,1H3. The van der Waals surface area contributed by atoms with Gasteiger partial charge >= 0.3 is 0 Å². The molecule has 0 radical (unpaired) electrons. The molecule has 1 saturated heterocycles. The first-order valence-electron chi connectivity index (χ1n) is 4.77. The van der Waals surface area contributed by atoms with Crippen LogP contribution in [0, 0.1) is 0 Å². The van der Waals surface area contributed by atoms with Crippen LogP contribution in [0.15, 0.2) is 4.52 Å². The van der Waals surface area contributed by atoms with Gasteiger partial charge in [0.2, 0.25) is 11.7 Å². The Morgan fingerprint density at radius 3 is 3.20 bits per heavy atom. The van der Waals surface area contributed by atoms with Gasteiger partial charge in [0.1, 0.15) is 11.9 Å². The Morgan fingerprint density at radius 2 is 2.53 bits per heavy atom. The third-order valence-corrected chi connectivity index (χ3v) is 2.98. The van der Waals surface area contributed by atoms with Crippen LogP contribution in [0.25, 0.3) is 0 Å². The van der Waals surface area contributed by atoms with E-state index in [2.05, 4.69) is 10.1 Å². The number of thioether (sulfide) groups is 1. The average molecular weight is 228 g/mol. The number of hydrogen-bond acceptors (Lipinski definition) is 6. The molecule has 0 bridgehead atoms. The van der Waals surface area contributed by atoms with Gasteiger partial charge in [-0.25, -0.2) is 0 Å². The number of Topliss-reactive ketones (excluding diaryl/α,β-unsaturated/α-hetero) is 1. The fourth-order valence-electron chi connectivity index (χ4n) is 1.32. The Hall–Kier alpha value is -0.880. The first-order valence-corrected chi connectivity index (χ1v) is 5.92. The number of aromatic nitrogens is 2. The van der Waals surface area contributed by atoms with Gasteiger partial charge < -0.3 is 9.26 Å². The van der Waals surface area contributed by atoms with Gasteiger partial charge in [-0.2, -0.15) is 16.7 Å². The van der Waals surface area contributed by atoms with Crippen molar-refractivity contribution in [3.8, 4) is 0 Å².